The quantitative estimate of drug-likeness (QED) is 0.500. The van der Waals surface area contributed by atoms with Crippen molar-refractivity contribution in [2.45, 2.75) is 30.5 Å². The Bertz CT molecular complexity index is 897. The second-order valence-corrected chi connectivity index (χ2v) is 8.10. The van der Waals surface area contributed by atoms with E-state index in [0.717, 1.165) is 11.1 Å². The molecule has 0 aliphatic rings. The Morgan fingerprint density at radius 3 is 2.07 bits per heavy atom. The van der Waals surface area contributed by atoms with E-state index < -0.39 is 22.8 Å². The Labute approximate surface area is 166 Å². The van der Waals surface area contributed by atoms with Gasteiger partial charge in [-0.25, -0.2) is 0 Å². The van der Waals surface area contributed by atoms with E-state index in [0.29, 0.717) is 4.90 Å². The zero-order valence-corrected chi connectivity index (χ0v) is 16.4. The van der Waals surface area contributed by atoms with Crippen LogP contribution in [0.4, 0.5) is 8.78 Å². The summed E-state index contributed by atoms with van der Waals surface area (Å²) in [5.74, 6) is -3.56. The van der Waals surface area contributed by atoms with Crippen LogP contribution in [-0.4, -0.2) is 16.1 Å². The molecule has 2 nitrogen and oxygen atoms in total. The van der Waals surface area contributed by atoms with Crippen LogP contribution >= 0.6 is 0 Å². The third kappa shape index (κ3) is 5.12. The molecule has 3 aromatic rings. The number of benzene rings is 3. The van der Waals surface area contributed by atoms with Crippen LogP contribution in [0.15, 0.2) is 89.8 Å². The molecule has 3 rings (SSSR count). The fourth-order valence-corrected chi connectivity index (χ4v) is 4.01. The maximum atomic E-state index is 15.2. The second-order valence-electron chi connectivity index (χ2n) is 6.60. The van der Waals surface area contributed by atoms with Crippen LogP contribution in [0.3, 0.4) is 0 Å². The highest BCUT2D eigenvalue weighted by molar-refractivity contribution is 7.85. The summed E-state index contributed by atoms with van der Waals surface area (Å²) >= 11 is 0. The molecule has 2 atom stereocenters. The van der Waals surface area contributed by atoms with Crippen molar-refractivity contribution in [3.8, 4) is 0 Å². The Morgan fingerprint density at radius 2 is 1.46 bits per heavy atom. The topological polar surface area (TPSA) is 26.3 Å². The standard InChI is InChI=1S/C23H22F2O2S/c1-18-12-14-21(15-13-18)28(26)17-22(27-16-19-8-4-2-5-9-19)23(24,25)20-10-6-3-7-11-20/h2-15,22H,16-17H2,1H3/t22-,28?/m1/s1. The molecule has 0 radical (unpaired) electrons. The number of hydrogen-bond donors (Lipinski definition) is 0. The van der Waals surface area contributed by atoms with Gasteiger partial charge in [0.15, 0.2) is 0 Å². The van der Waals surface area contributed by atoms with Crippen molar-refractivity contribution in [1.29, 1.82) is 0 Å². The molecule has 0 heterocycles. The van der Waals surface area contributed by atoms with Gasteiger partial charge in [-0.3, -0.25) is 4.21 Å². The van der Waals surface area contributed by atoms with Gasteiger partial charge in [0.2, 0.25) is 0 Å². The number of hydrogen-bond acceptors (Lipinski definition) is 2. The van der Waals surface area contributed by atoms with Crippen molar-refractivity contribution >= 4 is 10.8 Å². The molecule has 0 aromatic heterocycles. The van der Waals surface area contributed by atoms with Gasteiger partial charge in [-0.05, 0) is 24.6 Å². The zero-order chi connectivity index (χ0) is 20.0. The molecule has 1 unspecified atom stereocenters. The monoisotopic (exact) mass is 400 g/mol. The predicted molar refractivity (Wildman–Crippen MR) is 108 cm³/mol. The molecule has 0 saturated heterocycles. The minimum atomic E-state index is -3.27. The van der Waals surface area contributed by atoms with E-state index in [2.05, 4.69) is 0 Å². The van der Waals surface area contributed by atoms with Gasteiger partial charge in [-0.1, -0.05) is 78.4 Å². The lowest BCUT2D eigenvalue weighted by atomic mass is 10.0. The van der Waals surface area contributed by atoms with Crippen LogP contribution in [0.1, 0.15) is 16.7 Å². The van der Waals surface area contributed by atoms with E-state index in [1.807, 2.05) is 49.4 Å². The first-order valence-electron chi connectivity index (χ1n) is 9.01. The third-order valence-electron chi connectivity index (χ3n) is 4.44. The van der Waals surface area contributed by atoms with Gasteiger partial charge in [0.25, 0.3) is 5.92 Å². The third-order valence-corrected chi connectivity index (χ3v) is 5.85. The summed E-state index contributed by atoms with van der Waals surface area (Å²) < 4.78 is 48.8. The molecule has 0 bridgehead atoms. The molecular formula is C23H22F2O2S. The summed E-state index contributed by atoms with van der Waals surface area (Å²) in [5.41, 5.74) is 1.67. The van der Waals surface area contributed by atoms with E-state index in [9.17, 15) is 4.21 Å². The highest BCUT2D eigenvalue weighted by Crippen LogP contribution is 2.35. The van der Waals surface area contributed by atoms with Gasteiger partial charge in [-0.15, -0.1) is 0 Å². The first-order chi connectivity index (χ1) is 13.5. The lowest BCUT2D eigenvalue weighted by Gasteiger charge is -2.27. The van der Waals surface area contributed by atoms with Crippen molar-refractivity contribution < 1.29 is 17.7 Å². The Kier molecular flexibility index (Phi) is 6.70. The highest BCUT2D eigenvalue weighted by Gasteiger charge is 2.43. The number of aryl methyl sites for hydroxylation is 1. The minimum Gasteiger partial charge on any atom is -0.366 e. The maximum absolute atomic E-state index is 15.2. The van der Waals surface area contributed by atoms with Crippen LogP contribution in [0, 0.1) is 6.92 Å². The number of ether oxygens (including phenoxy) is 1. The molecule has 0 fully saturated rings. The Morgan fingerprint density at radius 1 is 0.893 bits per heavy atom. The largest absolute Gasteiger partial charge is 0.366 e. The number of rotatable bonds is 8. The summed E-state index contributed by atoms with van der Waals surface area (Å²) in [5, 5.41) is 0. The molecule has 28 heavy (non-hydrogen) atoms. The van der Waals surface area contributed by atoms with E-state index in [4.69, 9.17) is 4.74 Å². The van der Waals surface area contributed by atoms with Gasteiger partial charge >= 0.3 is 0 Å². The summed E-state index contributed by atoms with van der Waals surface area (Å²) in [4.78, 5) is 0.516. The normalized spacial score (nSPS) is 13.8. The highest BCUT2D eigenvalue weighted by atomic mass is 32.2. The van der Waals surface area contributed by atoms with Gasteiger partial charge in [0.05, 0.1) is 23.2 Å². The summed E-state index contributed by atoms with van der Waals surface area (Å²) in [6, 6.07) is 23.7. The summed E-state index contributed by atoms with van der Waals surface area (Å²) in [7, 11) is -1.60. The van der Waals surface area contributed by atoms with Crippen molar-refractivity contribution in [3.05, 3.63) is 102 Å². The molecule has 0 amide bonds. The van der Waals surface area contributed by atoms with Gasteiger partial charge in [-0.2, -0.15) is 8.78 Å². The van der Waals surface area contributed by atoms with Crippen LogP contribution in [-0.2, 0) is 28.1 Å². The molecule has 0 N–H and O–H groups in total. The fraction of sp³-hybridized carbons (Fsp3) is 0.217. The van der Waals surface area contributed by atoms with E-state index in [1.54, 1.807) is 30.3 Å². The average molecular weight is 400 g/mol. The van der Waals surface area contributed by atoms with Crippen molar-refractivity contribution in [2.75, 3.05) is 5.75 Å². The van der Waals surface area contributed by atoms with Crippen molar-refractivity contribution in [2.24, 2.45) is 0 Å². The molecule has 0 aliphatic heterocycles. The molecule has 0 aliphatic carbocycles. The van der Waals surface area contributed by atoms with Crippen LogP contribution in [0.2, 0.25) is 0 Å². The van der Waals surface area contributed by atoms with Crippen molar-refractivity contribution in [3.63, 3.8) is 0 Å². The van der Waals surface area contributed by atoms with Crippen LogP contribution in [0.25, 0.3) is 0 Å². The van der Waals surface area contributed by atoms with Crippen molar-refractivity contribution in [1.82, 2.24) is 0 Å². The van der Waals surface area contributed by atoms with Crippen LogP contribution < -0.4 is 0 Å². The molecule has 0 saturated carbocycles. The summed E-state index contributed by atoms with van der Waals surface area (Å²) in [6.07, 6.45) is -1.52. The van der Waals surface area contributed by atoms with Gasteiger partial charge in [0.1, 0.15) is 6.10 Å². The Balaban J connectivity index is 1.83. The first kappa shape index (κ1) is 20.4. The number of halogens is 2. The second kappa shape index (κ2) is 9.22. The molecule has 5 heteroatoms. The smallest absolute Gasteiger partial charge is 0.299 e. The Hall–Kier alpha value is -2.37. The zero-order valence-electron chi connectivity index (χ0n) is 15.6. The number of alkyl halides is 2. The minimum absolute atomic E-state index is 0.0268. The lowest BCUT2D eigenvalue weighted by Crippen LogP contribution is -2.38. The van der Waals surface area contributed by atoms with Gasteiger partial charge < -0.3 is 4.74 Å². The first-order valence-corrected chi connectivity index (χ1v) is 10.3. The van der Waals surface area contributed by atoms with E-state index in [1.165, 1.54) is 12.1 Å². The lowest BCUT2D eigenvalue weighted by molar-refractivity contribution is -0.138. The van der Waals surface area contributed by atoms with Gasteiger partial charge in [0, 0.05) is 10.5 Å². The van der Waals surface area contributed by atoms with E-state index in [-0.39, 0.29) is 17.9 Å². The molecule has 0 spiro atoms. The average Bonchev–Trinajstić information content (AvgIpc) is 2.72. The SMILES string of the molecule is Cc1ccc(S(=O)C[C@@H](OCc2ccccc2)C(F)(F)c2ccccc2)cc1. The molecule has 3 aromatic carbocycles. The summed E-state index contributed by atoms with van der Waals surface area (Å²) in [6.45, 7) is 1.95. The fourth-order valence-electron chi connectivity index (χ4n) is 2.80. The molecule has 146 valence electrons. The maximum Gasteiger partial charge on any atom is 0.299 e. The molecular weight excluding hydrogens is 378 g/mol. The van der Waals surface area contributed by atoms with Crippen LogP contribution in [0.5, 0.6) is 0 Å². The predicted octanol–water partition coefficient (Wildman–Crippen LogP) is 5.48. The van der Waals surface area contributed by atoms with E-state index >= 15 is 8.78 Å².